The maximum Gasteiger partial charge on any atom is 0.325 e. The second-order valence-corrected chi connectivity index (χ2v) is 7.13. The molecule has 0 aliphatic heterocycles. The van der Waals surface area contributed by atoms with E-state index in [9.17, 15) is 14.0 Å². The highest BCUT2D eigenvalue weighted by atomic mass is 32.1. The van der Waals surface area contributed by atoms with E-state index in [0.29, 0.717) is 33.3 Å². The van der Waals surface area contributed by atoms with Gasteiger partial charge in [0, 0.05) is 5.69 Å². The topological polar surface area (TPSA) is 92.3 Å². The van der Waals surface area contributed by atoms with Crippen LogP contribution in [0.5, 0.6) is 5.75 Å². The molecule has 150 valence electrons. The Balaban J connectivity index is 1.68. The monoisotopic (exact) mass is 414 g/mol. The van der Waals surface area contributed by atoms with Gasteiger partial charge in [-0.25, -0.2) is 14.2 Å². The number of aryl methyl sites for hydroxylation is 2. The van der Waals surface area contributed by atoms with Crippen molar-refractivity contribution < 1.29 is 18.7 Å². The Morgan fingerprint density at radius 2 is 1.83 bits per heavy atom. The standard InChI is InChI=1S/C20H19FN4O3S/c1-11-8-9-13(10-14(11)21)23-18(26)17-12(2)22-20(29-17)25-19(27)24-15-6-4-5-7-16(15)28-3/h4-10H,1-3H3,(H,23,26)(H2,22,24,25,27). The highest BCUT2D eigenvalue weighted by Gasteiger charge is 2.17. The number of hydrogen-bond acceptors (Lipinski definition) is 5. The van der Waals surface area contributed by atoms with Gasteiger partial charge in [0.15, 0.2) is 5.13 Å². The summed E-state index contributed by atoms with van der Waals surface area (Å²) in [6, 6.07) is 10.9. The van der Waals surface area contributed by atoms with Gasteiger partial charge in [0.25, 0.3) is 5.91 Å². The van der Waals surface area contributed by atoms with E-state index < -0.39 is 17.8 Å². The summed E-state index contributed by atoms with van der Waals surface area (Å²) in [6.45, 7) is 3.30. The largest absolute Gasteiger partial charge is 0.495 e. The molecular formula is C20H19FN4O3S. The molecule has 29 heavy (non-hydrogen) atoms. The Kier molecular flexibility index (Phi) is 6.08. The van der Waals surface area contributed by atoms with Crippen molar-refractivity contribution in [3.8, 4) is 5.75 Å². The second kappa shape index (κ2) is 8.70. The van der Waals surface area contributed by atoms with Crippen LogP contribution in [0.3, 0.4) is 0 Å². The quantitative estimate of drug-likeness (QED) is 0.559. The average Bonchev–Trinajstić information content (AvgIpc) is 3.05. The number of carbonyl (C=O) groups is 2. The molecule has 0 saturated heterocycles. The van der Waals surface area contributed by atoms with Crippen molar-refractivity contribution in [2.24, 2.45) is 0 Å². The van der Waals surface area contributed by atoms with Gasteiger partial charge in [-0.2, -0.15) is 0 Å². The molecule has 0 bridgehead atoms. The molecule has 7 nitrogen and oxygen atoms in total. The van der Waals surface area contributed by atoms with E-state index in [0.717, 1.165) is 11.3 Å². The van der Waals surface area contributed by atoms with Crippen LogP contribution in [-0.2, 0) is 0 Å². The number of halogens is 1. The van der Waals surface area contributed by atoms with Gasteiger partial charge in [0.2, 0.25) is 0 Å². The van der Waals surface area contributed by atoms with E-state index in [4.69, 9.17) is 4.74 Å². The van der Waals surface area contributed by atoms with Crippen LogP contribution in [0, 0.1) is 19.7 Å². The van der Waals surface area contributed by atoms with Crippen molar-refractivity contribution in [2.45, 2.75) is 13.8 Å². The highest BCUT2D eigenvalue weighted by Crippen LogP contribution is 2.26. The van der Waals surface area contributed by atoms with Gasteiger partial charge < -0.3 is 15.4 Å². The minimum absolute atomic E-state index is 0.259. The number of rotatable bonds is 5. The summed E-state index contributed by atoms with van der Waals surface area (Å²) in [5.74, 6) is -0.316. The zero-order valence-corrected chi connectivity index (χ0v) is 16.8. The first-order valence-corrected chi connectivity index (χ1v) is 9.45. The van der Waals surface area contributed by atoms with Crippen molar-refractivity contribution in [3.05, 3.63) is 64.4 Å². The number of urea groups is 1. The van der Waals surface area contributed by atoms with E-state index in [-0.39, 0.29) is 5.13 Å². The summed E-state index contributed by atoms with van der Waals surface area (Å²) in [5, 5.41) is 8.16. The molecule has 0 aliphatic carbocycles. The fourth-order valence-electron chi connectivity index (χ4n) is 2.52. The zero-order valence-electron chi connectivity index (χ0n) is 16.0. The number of methoxy groups -OCH3 is 1. The molecule has 3 aromatic rings. The van der Waals surface area contributed by atoms with Crippen molar-refractivity contribution >= 4 is 39.8 Å². The van der Waals surface area contributed by atoms with Crippen molar-refractivity contribution in [1.29, 1.82) is 0 Å². The third-order valence-corrected chi connectivity index (χ3v) is 5.08. The Hall–Kier alpha value is -3.46. The number of hydrogen-bond donors (Lipinski definition) is 3. The van der Waals surface area contributed by atoms with E-state index in [1.807, 2.05) is 0 Å². The number of para-hydroxylation sites is 2. The fraction of sp³-hybridized carbons (Fsp3) is 0.150. The van der Waals surface area contributed by atoms with Crippen LogP contribution in [-0.4, -0.2) is 24.0 Å². The van der Waals surface area contributed by atoms with E-state index in [1.54, 1.807) is 50.2 Å². The lowest BCUT2D eigenvalue weighted by Gasteiger charge is -2.09. The molecule has 0 spiro atoms. The Labute approximate surface area is 170 Å². The Morgan fingerprint density at radius 3 is 2.55 bits per heavy atom. The smallest absolute Gasteiger partial charge is 0.325 e. The van der Waals surface area contributed by atoms with Gasteiger partial charge in [0.05, 0.1) is 18.5 Å². The average molecular weight is 414 g/mol. The predicted molar refractivity (Wildman–Crippen MR) is 112 cm³/mol. The number of nitrogens with zero attached hydrogens (tertiary/aromatic N) is 1. The molecule has 0 atom stereocenters. The number of nitrogens with one attached hydrogen (secondary N) is 3. The van der Waals surface area contributed by atoms with E-state index in [1.165, 1.54) is 13.2 Å². The number of benzene rings is 2. The lowest BCUT2D eigenvalue weighted by atomic mass is 10.2. The first kappa shape index (κ1) is 20.3. The van der Waals surface area contributed by atoms with Crippen molar-refractivity contribution in [2.75, 3.05) is 23.1 Å². The summed E-state index contributed by atoms with van der Waals surface area (Å²) in [5.41, 5.74) is 1.78. The highest BCUT2D eigenvalue weighted by molar-refractivity contribution is 7.17. The van der Waals surface area contributed by atoms with Crippen LogP contribution in [0.2, 0.25) is 0 Å². The summed E-state index contributed by atoms with van der Waals surface area (Å²) in [6.07, 6.45) is 0. The molecule has 0 fully saturated rings. The van der Waals surface area contributed by atoms with E-state index >= 15 is 0 Å². The zero-order chi connectivity index (χ0) is 21.0. The molecule has 0 saturated carbocycles. The van der Waals surface area contributed by atoms with Crippen LogP contribution in [0.25, 0.3) is 0 Å². The molecule has 0 radical (unpaired) electrons. The van der Waals surface area contributed by atoms with Gasteiger partial charge in [-0.05, 0) is 43.7 Å². The number of carbonyl (C=O) groups excluding carboxylic acids is 2. The lowest BCUT2D eigenvalue weighted by Crippen LogP contribution is -2.19. The van der Waals surface area contributed by atoms with Crippen molar-refractivity contribution in [3.63, 3.8) is 0 Å². The molecule has 1 aromatic heterocycles. The molecule has 3 N–H and O–H groups in total. The van der Waals surface area contributed by atoms with Gasteiger partial charge in [0.1, 0.15) is 16.4 Å². The first-order valence-electron chi connectivity index (χ1n) is 8.63. The van der Waals surface area contributed by atoms with Gasteiger partial charge in [-0.1, -0.05) is 29.5 Å². The number of amides is 3. The number of aromatic nitrogens is 1. The third-order valence-electron chi connectivity index (χ3n) is 4.01. The summed E-state index contributed by atoms with van der Waals surface area (Å²) >= 11 is 1.02. The molecule has 2 aromatic carbocycles. The summed E-state index contributed by atoms with van der Waals surface area (Å²) in [7, 11) is 1.51. The van der Waals surface area contributed by atoms with Crippen LogP contribution in [0.15, 0.2) is 42.5 Å². The van der Waals surface area contributed by atoms with Crippen LogP contribution < -0.4 is 20.7 Å². The maximum atomic E-state index is 13.7. The number of anilines is 3. The van der Waals surface area contributed by atoms with Gasteiger partial charge in [-0.15, -0.1) is 0 Å². The molecular weight excluding hydrogens is 395 g/mol. The maximum absolute atomic E-state index is 13.7. The minimum Gasteiger partial charge on any atom is -0.495 e. The molecule has 9 heteroatoms. The Morgan fingerprint density at radius 1 is 1.07 bits per heavy atom. The normalized spacial score (nSPS) is 10.3. The fourth-order valence-corrected chi connectivity index (χ4v) is 3.37. The summed E-state index contributed by atoms with van der Waals surface area (Å²) < 4.78 is 18.9. The molecule has 3 amide bonds. The SMILES string of the molecule is COc1ccccc1NC(=O)Nc1nc(C)c(C(=O)Nc2ccc(C)c(F)c2)s1. The molecule has 0 unspecified atom stereocenters. The predicted octanol–water partition coefficient (Wildman–Crippen LogP) is 4.80. The first-order chi connectivity index (χ1) is 13.9. The lowest BCUT2D eigenvalue weighted by molar-refractivity contribution is 0.102. The van der Waals surface area contributed by atoms with Crippen LogP contribution in [0.1, 0.15) is 20.9 Å². The number of ether oxygens (including phenoxy) is 1. The van der Waals surface area contributed by atoms with Crippen LogP contribution >= 0.6 is 11.3 Å². The Bertz CT molecular complexity index is 1070. The van der Waals surface area contributed by atoms with E-state index in [2.05, 4.69) is 20.9 Å². The van der Waals surface area contributed by atoms with Gasteiger partial charge in [-0.3, -0.25) is 10.1 Å². The van der Waals surface area contributed by atoms with Crippen LogP contribution in [0.4, 0.5) is 25.7 Å². The second-order valence-electron chi connectivity index (χ2n) is 6.13. The summed E-state index contributed by atoms with van der Waals surface area (Å²) in [4.78, 5) is 29.3. The third kappa shape index (κ3) is 4.88. The van der Waals surface area contributed by atoms with Gasteiger partial charge >= 0.3 is 6.03 Å². The minimum atomic E-state index is -0.518. The molecule has 0 aliphatic rings. The number of thiazole rings is 1. The van der Waals surface area contributed by atoms with Crippen molar-refractivity contribution in [1.82, 2.24) is 4.98 Å². The molecule has 1 heterocycles. The molecule has 3 rings (SSSR count).